The van der Waals surface area contributed by atoms with E-state index in [1.165, 1.54) is 22.0 Å². The molecule has 0 saturated heterocycles. The Kier molecular flexibility index (Phi) is 3.25. The van der Waals surface area contributed by atoms with Crippen molar-refractivity contribution in [3.8, 4) is 17.2 Å². The molecule has 1 aromatic heterocycles. The van der Waals surface area contributed by atoms with Crippen molar-refractivity contribution < 1.29 is 18.7 Å². The molecular formula is C21H23N2O3+. The number of rotatable bonds is 2. The van der Waals surface area contributed by atoms with Gasteiger partial charge in [-0.3, -0.25) is 4.57 Å². The molecule has 0 aliphatic carbocycles. The number of methoxy groups -OCH3 is 1. The predicted octanol–water partition coefficient (Wildman–Crippen LogP) is 3.56. The van der Waals surface area contributed by atoms with Gasteiger partial charge in [-0.2, -0.15) is 0 Å². The van der Waals surface area contributed by atoms with E-state index >= 15 is 0 Å². The molecule has 1 atom stereocenters. The van der Waals surface area contributed by atoms with Gasteiger partial charge in [0.25, 0.3) is 0 Å². The lowest BCUT2D eigenvalue weighted by molar-refractivity contribution is -0.926. The van der Waals surface area contributed by atoms with Crippen LogP contribution >= 0.6 is 0 Å². The summed E-state index contributed by atoms with van der Waals surface area (Å²) >= 11 is 0. The van der Waals surface area contributed by atoms with Crippen LogP contribution in [0.2, 0.25) is 0 Å². The lowest BCUT2D eigenvalue weighted by Crippen LogP contribution is -2.50. The second-order valence-corrected chi connectivity index (χ2v) is 7.62. The van der Waals surface area contributed by atoms with E-state index in [0.717, 1.165) is 34.7 Å². The summed E-state index contributed by atoms with van der Waals surface area (Å²) in [7, 11) is 6.29. The first-order valence-electron chi connectivity index (χ1n) is 8.98. The number of hydrogen-bond donors (Lipinski definition) is 0. The van der Waals surface area contributed by atoms with Gasteiger partial charge in [-0.25, -0.2) is 0 Å². The first-order valence-corrected chi connectivity index (χ1v) is 8.98. The Hall–Kier alpha value is -2.66. The normalized spacial score (nSPS) is 20.2. The first kappa shape index (κ1) is 15.6. The van der Waals surface area contributed by atoms with Crippen LogP contribution in [0.3, 0.4) is 0 Å². The third kappa shape index (κ3) is 2.07. The van der Waals surface area contributed by atoms with Gasteiger partial charge in [-0.05, 0) is 29.1 Å². The minimum Gasteiger partial charge on any atom is -0.492 e. The number of ether oxygens (including phenoxy) is 3. The molecule has 5 rings (SSSR count). The van der Waals surface area contributed by atoms with Crippen LogP contribution in [0.1, 0.15) is 17.3 Å². The zero-order valence-electron chi connectivity index (χ0n) is 15.4. The molecule has 0 fully saturated rings. The molecule has 5 heteroatoms. The fourth-order valence-corrected chi connectivity index (χ4v) is 4.44. The van der Waals surface area contributed by atoms with Gasteiger partial charge in [0.05, 0.1) is 38.8 Å². The number of nitrogens with zero attached hydrogens (tertiary/aromatic N) is 2. The zero-order valence-corrected chi connectivity index (χ0v) is 15.4. The van der Waals surface area contributed by atoms with Gasteiger partial charge in [-0.15, -0.1) is 0 Å². The van der Waals surface area contributed by atoms with Gasteiger partial charge in [0.1, 0.15) is 0 Å². The Bertz CT molecular complexity index is 1010. The molecule has 0 bridgehead atoms. The van der Waals surface area contributed by atoms with Gasteiger partial charge in [0.2, 0.25) is 12.5 Å². The molecule has 0 saturated carbocycles. The third-order valence-electron chi connectivity index (χ3n) is 5.72. The molecule has 2 aromatic carbocycles. The molecule has 134 valence electrons. The number of quaternary nitrogens is 1. The van der Waals surface area contributed by atoms with Crippen molar-refractivity contribution in [2.24, 2.45) is 0 Å². The van der Waals surface area contributed by atoms with Crippen LogP contribution in [0.15, 0.2) is 42.6 Å². The van der Waals surface area contributed by atoms with Crippen LogP contribution in [-0.2, 0) is 6.42 Å². The maximum Gasteiger partial charge on any atom is 0.231 e. The van der Waals surface area contributed by atoms with Crippen LogP contribution in [-0.4, -0.2) is 43.6 Å². The topological polar surface area (TPSA) is 32.6 Å². The summed E-state index contributed by atoms with van der Waals surface area (Å²) in [6.45, 7) is 1.30. The number of para-hydroxylation sites is 1. The fraction of sp³-hybridized carbons (Fsp3) is 0.333. The minimum atomic E-state index is 0.114. The minimum absolute atomic E-state index is 0.114. The molecule has 0 unspecified atom stereocenters. The van der Waals surface area contributed by atoms with Gasteiger partial charge >= 0.3 is 0 Å². The van der Waals surface area contributed by atoms with E-state index in [2.05, 4.69) is 61.3 Å². The lowest BCUT2D eigenvalue weighted by Gasteiger charge is -2.43. The average Bonchev–Trinajstić information content (AvgIpc) is 3.26. The fourth-order valence-electron chi connectivity index (χ4n) is 4.44. The van der Waals surface area contributed by atoms with Gasteiger partial charge in [0.15, 0.2) is 17.7 Å². The summed E-state index contributed by atoms with van der Waals surface area (Å²) in [4.78, 5) is 0. The molecule has 5 nitrogen and oxygen atoms in total. The maximum atomic E-state index is 5.86. The van der Waals surface area contributed by atoms with Crippen molar-refractivity contribution in [3.05, 3.63) is 53.7 Å². The molecule has 3 heterocycles. The van der Waals surface area contributed by atoms with E-state index in [9.17, 15) is 0 Å². The smallest absolute Gasteiger partial charge is 0.231 e. The Balaban J connectivity index is 1.81. The highest BCUT2D eigenvalue weighted by atomic mass is 16.7. The average molecular weight is 351 g/mol. The summed E-state index contributed by atoms with van der Waals surface area (Å²) in [6.07, 6.45) is 3.29. The SMILES string of the molecule is COc1c2c(cc3c1[C@@H](n1ccc4ccccc41)[N+](C)(C)CC3)OCO2. The number of fused-ring (bicyclic) bond motifs is 3. The molecule has 0 spiro atoms. The molecule has 2 aliphatic heterocycles. The largest absolute Gasteiger partial charge is 0.492 e. The summed E-state index contributed by atoms with van der Waals surface area (Å²) < 4.78 is 20.5. The third-order valence-corrected chi connectivity index (χ3v) is 5.72. The molecule has 0 amide bonds. The number of hydrogen-bond acceptors (Lipinski definition) is 3. The number of benzene rings is 2. The second kappa shape index (κ2) is 5.42. The van der Waals surface area contributed by atoms with E-state index < -0.39 is 0 Å². The molecule has 2 aliphatic rings. The highest BCUT2D eigenvalue weighted by Gasteiger charge is 2.42. The van der Waals surface area contributed by atoms with Gasteiger partial charge in [0, 0.05) is 12.6 Å². The second-order valence-electron chi connectivity index (χ2n) is 7.62. The highest BCUT2D eigenvalue weighted by Crippen LogP contribution is 2.51. The van der Waals surface area contributed by atoms with Crippen molar-refractivity contribution >= 4 is 10.9 Å². The quantitative estimate of drug-likeness (QED) is 0.662. The summed E-state index contributed by atoms with van der Waals surface area (Å²) in [6, 6.07) is 12.8. The predicted molar refractivity (Wildman–Crippen MR) is 99.9 cm³/mol. The summed E-state index contributed by atoms with van der Waals surface area (Å²) in [5.74, 6) is 2.34. The van der Waals surface area contributed by atoms with Crippen LogP contribution in [0.5, 0.6) is 17.2 Å². The van der Waals surface area contributed by atoms with Crippen molar-refractivity contribution in [1.82, 2.24) is 4.57 Å². The lowest BCUT2D eigenvalue weighted by atomic mass is 9.93. The van der Waals surface area contributed by atoms with E-state index in [0.29, 0.717) is 0 Å². The van der Waals surface area contributed by atoms with E-state index in [1.807, 2.05) is 0 Å². The van der Waals surface area contributed by atoms with Crippen LogP contribution in [0.25, 0.3) is 10.9 Å². The van der Waals surface area contributed by atoms with Crippen LogP contribution in [0.4, 0.5) is 0 Å². The molecule has 3 aromatic rings. The van der Waals surface area contributed by atoms with Crippen LogP contribution in [0, 0.1) is 0 Å². The first-order chi connectivity index (χ1) is 12.6. The summed E-state index contributed by atoms with van der Waals surface area (Å²) in [5.41, 5.74) is 3.72. The van der Waals surface area contributed by atoms with E-state index in [4.69, 9.17) is 14.2 Å². The van der Waals surface area contributed by atoms with E-state index in [1.54, 1.807) is 7.11 Å². The van der Waals surface area contributed by atoms with Crippen molar-refractivity contribution in [1.29, 1.82) is 0 Å². The maximum absolute atomic E-state index is 5.86. The monoisotopic (exact) mass is 351 g/mol. The standard InChI is InChI=1S/C21H23N2O3/c1-23(2)11-9-15-12-17-19(26-13-25-17)20(24-3)18(15)21(23)22-10-8-14-6-4-5-7-16(14)22/h4-8,10,12,21H,9,11,13H2,1-3H3/q+1/t21-/m0/s1. The Labute approximate surface area is 152 Å². The van der Waals surface area contributed by atoms with Gasteiger partial charge < -0.3 is 18.7 Å². The molecule has 0 radical (unpaired) electrons. The molecular weight excluding hydrogens is 328 g/mol. The zero-order chi connectivity index (χ0) is 17.9. The Morgan fingerprint density at radius 3 is 2.85 bits per heavy atom. The van der Waals surface area contributed by atoms with E-state index in [-0.39, 0.29) is 13.0 Å². The molecule has 26 heavy (non-hydrogen) atoms. The van der Waals surface area contributed by atoms with Crippen molar-refractivity contribution in [3.63, 3.8) is 0 Å². The Morgan fingerprint density at radius 1 is 1.15 bits per heavy atom. The van der Waals surface area contributed by atoms with Crippen molar-refractivity contribution in [2.45, 2.75) is 12.6 Å². The summed E-state index contributed by atoms with van der Waals surface area (Å²) in [5, 5.41) is 1.25. The number of aromatic nitrogens is 1. The Morgan fingerprint density at radius 2 is 2.00 bits per heavy atom. The van der Waals surface area contributed by atoms with Crippen LogP contribution < -0.4 is 14.2 Å². The highest BCUT2D eigenvalue weighted by molar-refractivity contribution is 5.80. The van der Waals surface area contributed by atoms with Gasteiger partial charge in [-0.1, -0.05) is 18.2 Å². The van der Waals surface area contributed by atoms with Crippen molar-refractivity contribution in [2.75, 3.05) is 34.5 Å². The molecule has 0 N–H and O–H groups in total. The number of likely N-dealkylation sites (N-methyl/N-ethyl adjacent to an activating group) is 1.